The van der Waals surface area contributed by atoms with Crippen molar-refractivity contribution in [3.63, 3.8) is 0 Å². The molecule has 0 aliphatic carbocycles. The van der Waals surface area contributed by atoms with Crippen LogP contribution < -0.4 is 0 Å². The van der Waals surface area contributed by atoms with Gasteiger partial charge in [0.1, 0.15) is 5.82 Å². The van der Waals surface area contributed by atoms with Gasteiger partial charge in [-0.15, -0.1) is 0 Å². The highest BCUT2D eigenvalue weighted by atomic mass is 35.5. The fourth-order valence-electron chi connectivity index (χ4n) is 2.04. The molecule has 0 bridgehead atoms. The molecule has 1 N–H and O–H groups in total. The van der Waals surface area contributed by atoms with E-state index in [9.17, 15) is 9.50 Å². The Bertz CT molecular complexity index is 408. The number of hydrogen-bond acceptors (Lipinski definition) is 2. The van der Waals surface area contributed by atoms with Crippen molar-refractivity contribution >= 4 is 23.4 Å². The summed E-state index contributed by atoms with van der Waals surface area (Å²) in [6, 6.07) is 2.99. The second kappa shape index (κ2) is 4.55. The Balaban J connectivity index is 2.44. The fraction of sp³-hybridized carbons (Fsp3) is 0.500. The third-order valence-electron chi connectivity index (χ3n) is 2.90. The van der Waals surface area contributed by atoms with E-state index in [0.717, 1.165) is 0 Å². The third-order valence-corrected chi connectivity index (χ3v) is 4.76. The molecule has 88 valence electrons. The molecule has 0 aromatic heterocycles. The molecule has 2 rings (SSSR count). The van der Waals surface area contributed by atoms with Gasteiger partial charge >= 0.3 is 0 Å². The van der Waals surface area contributed by atoms with Gasteiger partial charge in [-0.3, -0.25) is 0 Å². The minimum Gasteiger partial charge on any atom is -0.387 e. The molecule has 0 saturated heterocycles. The molecule has 0 spiro atoms. The Morgan fingerprint density at radius 3 is 2.81 bits per heavy atom. The number of aliphatic hydroxyl groups excluding tert-OH is 1. The van der Waals surface area contributed by atoms with Crippen LogP contribution >= 0.6 is 23.4 Å². The lowest BCUT2D eigenvalue weighted by atomic mass is 9.94. The predicted octanol–water partition coefficient (Wildman–Crippen LogP) is 3.78. The van der Waals surface area contributed by atoms with Crippen molar-refractivity contribution < 1.29 is 9.50 Å². The molecule has 2 atom stereocenters. The van der Waals surface area contributed by atoms with Crippen LogP contribution in [0.4, 0.5) is 4.39 Å². The second-order valence-electron chi connectivity index (χ2n) is 4.42. The number of benzene rings is 1. The number of thioether (sulfide) groups is 1. The van der Waals surface area contributed by atoms with Gasteiger partial charge in [-0.25, -0.2) is 4.39 Å². The van der Waals surface area contributed by atoms with Gasteiger partial charge in [0.2, 0.25) is 0 Å². The summed E-state index contributed by atoms with van der Waals surface area (Å²) in [4.78, 5) is 0. The first-order valence-electron chi connectivity index (χ1n) is 5.28. The normalized spacial score (nSPS) is 24.6. The van der Waals surface area contributed by atoms with Gasteiger partial charge in [0.05, 0.1) is 6.10 Å². The average molecular weight is 261 g/mol. The molecule has 4 heteroatoms. The van der Waals surface area contributed by atoms with Gasteiger partial charge < -0.3 is 5.11 Å². The maximum Gasteiger partial charge on any atom is 0.129 e. The first-order valence-corrected chi connectivity index (χ1v) is 6.71. The van der Waals surface area contributed by atoms with Crippen LogP contribution in [0, 0.1) is 11.7 Å². The first kappa shape index (κ1) is 12.2. The SMILES string of the molecule is CC(C)C1SCc2c(F)cc(Cl)cc2C1O. The van der Waals surface area contributed by atoms with E-state index in [0.29, 0.717) is 27.8 Å². The second-order valence-corrected chi connectivity index (χ2v) is 6.02. The maximum absolute atomic E-state index is 13.6. The standard InChI is InChI=1S/C12H14ClFOS/c1-6(2)12-11(15)8-3-7(13)4-10(14)9(8)5-16-12/h3-4,6,11-12,15H,5H2,1-2H3. The summed E-state index contributed by atoms with van der Waals surface area (Å²) in [5.74, 6) is 0.657. The molecule has 1 aliphatic rings. The van der Waals surface area contributed by atoms with E-state index in [-0.39, 0.29) is 11.1 Å². The van der Waals surface area contributed by atoms with Crippen LogP contribution in [0.2, 0.25) is 5.02 Å². The summed E-state index contributed by atoms with van der Waals surface area (Å²) in [6.45, 7) is 4.12. The van der Waals surface area contributed by atoms with Crippen LogP contribution in [-0.2, 0) is 5.75 Å². The number of rotatable bonds is 1. The summed E-state index contributed by atoms with van der Waals surface area (Å²) >= 11 is 7.43. The highest BCUT2D eigenvalue weighted by Crippen LogP contribution is 2.42. The molecule has 0 saturated carbocycles. The van der Waals surface area contributed by atoms with E-state index in [1.807, 2.05) is 0 Å². The van der Waals surface area contributed by atoms with Gasteiger partial charge in [-0.05, 0) is 23.6 Å². The summed E-state index contributed by atoms with van der Waals surface area (Å²) in [6.07, 6.45) is -0.623. The molecule has 1 heterocycles. The minimum absolute atomic E-state index is 0.116. The fourth-order valence-corrected chi connectivity index (χ4v) is 3.64. The van der Waals surface area contributed by atoms with E-state index >= 15 is 0 Å². The minimum atomic E-state index is -0.623. The monoisotopic (exact) mass is 260 g/mol. The molecular weight excluding hydrogens is 247 g/mol. The zero-order valence-electron chi connectivity index (χ0n) is 9.21. The van der Waals surface area contributed by atoms with Crippen molar-refractivity contribution in [2.24, 2.45) is 5.92 Å². The summed E-state index contributed by atoms with van der Waals surface area (Å²) in [7, 11) is 0. The largest absolute Gasteiger partial charge is 0.387 e. The zero-order valence-corrected chi connectivity index (χ0v) is 10.8. The van der Waals surface area contributed by atoms with Gasteiger partial charge in [0, 0.05) is 21.6 Å². The lowest BCUT2D eigenvalue weighted by Gasteiger charge is -2.32. The number of aliphatic hydroxyl groups is 1. The Labute approximate surface area is 104 Å². The van der Waals surface area contributed by atoms with Gasteiger partial charge in [-0.2, -0.15) is 11.8 Å². The molecular formula is C12H14ClFOS. The molecule has 16 heavy (non-hydrogen) atoms. The Morgan fingerprint density at radius 2 is 2.19 bits per heavy atom. The topological polar surface area (TPSA) is 20.2 Å². The van der Waals surface area contributed by atoms with Crippen molar-refractivity contribution in [2.75, 3.05) is 0 Å². The smallest absolute Gasteiger partial charge is 0.129 e. The van der Waals surface area contributed by atoms with Gasteiger partial charge in [-0.1, -0.05) is 25.4 Å². The van der Waals surface area contributed by atoms with Crippen molar-refractivity contribution in [2.45, 2.75) is 31.0 Å². The summed E-state index contributed by atoms with van der Waals surface area (Å²) in [5, 5.41) is 10.7. The number of fused-ring (bicyclic) bond motifs is 1. The summed E-state index contributed by atoms with van der Waals surface area (Å²) < 4.78 is 13.6. The van der Waals surface area contributed by atoms with Crippen LogP contribution in [0.15, 0.2) is 12.1 Å². The summed E-state index contributed by atoms with van der Waals surface area (Å²) in [5.41, 5.74) is 1.25. The van der Waals surface area contributed by atoms with Crippen LogP contribution in [0.25, 0.3) is 0 Å². The van der Waals surface area contributed by atoms with Crippen LogP contribution in [-0.4, -0.2) is 10.4 Å². The van der Waals surface area contributed by atoms with Crippen LogP contribution in [0.1, 0.15) is 31.1 Å². The maximum atomic E-state index is 13.6. The van der Waals surface area contributed by atoms with E-state index in [4.69, 9.17) is 11.6 Å². The lowest BCUT2D eigenvalue weighted by Crippen LogP contribution is -2.26. The van der Waals surface area contributed by atoms with E-state index in [1.165, 1.54) is 6.07 Å². The highest BCUT2D eigenvalue weighted by Gasteiger charge is 2.32. The molecule has 1 aliphatic heterocycles. The zero-order chi connectivity index (χ0) is 11.9. The van der Waals surface area contributed by atoms with Crippen molar-refractivity contribution in [3.05, 3.63) is 34.1 Å². The highest BCUT2D eigenvalue weighted by molar-refractivity contribution is 7.99. The van der Waals surface area contributed by atoms with Crippen molar-refractivity contribution in [1.29, 1.82) is 0 Å². The number of halogens is 2. The van der Waals surface area contributed by atoms with Gasteiger partial charge in [0.25, 0.3) is 0 Å². The van der Waals surface area contributed by atoms with Gasteiger partial charge in [0.15, 0.2) is 0 Å². The van der Waals surface area contributed by atoms with E-state index in [2.05, 4.69) is 13.8 Å². The van der Waals surface area contributed by atoms with E-state index < -0.39 is 6.10 Å². The average Bonchev–Trinajstić information content (AvgIpc) is 2.19. The van der Waals surface area contributed by atoms with Crippen molar-refractivity contribution in [1.82, 2.24) is 0 Å². The predicted molar refractivity (Wildman–Crippen MR) is 66.3 cm³/mol. The Hall–Kier alpha value is -0.250. The quantitative estimate of drug-likeness (QED) is 0.829. The molecule has 0 fully saturated rings. The molecule has 1 aromatic rings. The molecule has 1 aromatic carbocycles. The molecule has 2 unspecified atom stereocenters. The molecule has 0 amide bonds. The molecule has 0 radical (unpaired) electrons. The Kier molecular flexibility index (Phi) is 3.48. The molecule has 1 nitrogen and oxygen atoms in total. The number of hydrogen-bond donors (Lipinski definition) is 1. The Morgan fingerprint density at radius 1 is 1.50 bits per heavy atom. The lowest BCUT2D eigenvalue weighted by molar-refractivity contribution is 0.155. The third kappa shape index (κ3) is 2.08. The van der Waals surface area contributed by atoms with E-state index in [1.54, 1.807) is 17.8 Å². The van der Waals surface area contributed by atoms with Crippen molar-refractivity contribution in [3.8, 4) is 0 Å². The first-order chi connectivity index (χ1) is 7.50. The van der Waals surface area contributed by atoms with Crippen LogP contribution in [0.5, 0.6) is 0 Å². The van der Waals surface area contributed by atoms with Crippen LogP contribution in [0.3, 0.4) is 0 Å².